The molecule has 0 bridgehead atoms. The number of nitrogens with zero attached hydrogens (tertiary/aromatic N) is 1. The summed E-state index contributed by atoms with van der Waals surface area (Å²) in [6.45, 7) is 2.49. The zero-order chi connectivity index (χ0) is 12.6. The van der Waals surface area contributed by atoms with Crippen molar-refractivity contribution in [3.8, 4) is 0 Å². The molecule has 2 aliphatic rings. The fourth-order valence-corrected chi connectivity index (χ4v) is 2.33. The van der Waals surface area contributed by atoms with Crippen LogP contribution in [0.2, 0.25) is 0 Å². The molecule has 96 valence electrons. The maximum atomic E-state index is 12.0. The van der Waals surface area contributed by atoms with E-state index in [1.165, 1.54) is 0 Å². The van der Waals surface area contributed by atoms with Gasteiger partial charge in [0.05, 0.1) is 12.6 Å². The second kappa shape index (κ2) is 4.18. The summed E-state index contributed by atoms with van der Waals surface area (Å²) >= 11 is 0. The number of likely N-dealkylation sites (tertiary alicyclic amines) is 1. The monoisotopic (exact) mass is 242 g/mol. The summed E-state index contributed by atoms with van der Waals surface area (Å²) in [6.07, 6.45) is 1.82. The molecule has 2 rings (SSSR count). The lowest BCUT2D eigenvalue weighted by Crippen LogP contribution is -2.52. The SMILES string of the molecule is CC1CCN(C(=O)NC2(C(=O)O)CC2)C1CO. The first-order valence-corrected chi connectivity index (χ1v) is 5.93. The van der Waals surface area contributed by atoms with Crippen LogP contribution in [0, 0.1) is 5.92 Å². The number of aliphatic carboxylic acids is 1. The molecule has 0 aromatic heterocycles. The Bertz CT molecular complexity index is 340. The van der Waals surface area contributed by atoms with Crippen LogP contribution in [-0.4, -0.2) is 51.8 Å². The molecule has 0 radical (unpaired) electrons. The normalized spacial score (nSPS) is 30.1. The van der Waals surface area contributed by atoms with Crippen LogP contribution < -0.4 is 5.32 Å². The standard InChI is InChI=1S/C11H18N2O4/c1-7-2-5-13(8(7)6-14)10(17)12-11(3-4-11)9(15)16/h7-8,14H,2-6H2,1H3,(H,12,17)(H,15,16). The Hall–Kier alpha value is -1.30. The minimum absolute atomic E-state index is 0.0747. The molecule has 3 N–H and O–H groups in total. The molecule has 2 unspecified atom stereocenters. The molecule has 17 heavy (non-hydrogen) atoms. The molecule has 1 aliphatic heterocycles. The average molecular weight is 242 g/mol. The van der Waals surface area contributed by atoms with Gasteiger partial charge in [-0.25, -0.2) is 9.59 Å². The molecule has 2 fully saturated rings. The minimum atomic E-state index is -1.05. The van der Waals surface area contributed by atoms with Gasteiger partial charge in [0, 0.05) is 6.54 Å². The number of nitrogens with one attached hydrogen (secondary N) is 1. The predicted octanol–water partition coefficient (Wildman–Crippen LogP) is 0.0159. The molecular formula is C11H18N2O4. The van der Waals surface area contributed by atoms with Crippen LogP contribution in [0.25, 0.3) is 0 Å². The lowest BCUT2D eigenvalue weighted by molar-refractivity contribution is -0.140. The van der Waals surface area contributed by atoms with Crippen molar-refractivity contribution in [1.82, 2.24) is 10.2 Å². The van der Waals surface area contributed by atoms with Crippen molar-refractivity contribution in [2.75, 3.05) is 13.2 Å². The highest BCUT2D eigenvalue weighted by molar-refractivity contribution is 5.89. The third-order valence-corrected chi connectivity index (χ3v) is 3.84. The van der Waals surface area contributed by atoms with E-state index in [4.69, 9.17) is 5.11 Å². The van der Waals surface area contributed by atoms with Crippen LogP contribution in [0.3, 0.4) is 0 Å². The summed E-state index contributed by atoms with van der Waals surface area (Å²) in [5.74, 6) is -0.718. The minimum Gasteiger partial charge on any atom is -0.480 e. The summed E-state index contributed by atoms with van der Waals surface area (Å²) in [6, 6.07) is -0.562. The zero-order valence-corrected chi connectivity index (χ0v) is 9.85. The first-order valence-electron chi connectivity index (χ1n) is 5.93. The van der Waals surface area contributed by atoms with Crippen molar-refractivity contribution in [3.05, 3.63) is 0 Å². The van der Waals surface area contributed by atoms with Gasteiger partial charge in [0.1, 0.15) is 5.54 Å². The van der Waals surface area contributed by atoms with Crippen LogP contribution in [-0.2, 0) is 4.79 Å². The number of aliphatic hydroxyl groups is 1. The van der Waals surface area contributed by atoms with Gasteiger partial charge in [-0.15, -0.1) is 0 Å². The van der Waals surface area contributed by atoms with E-state index in [1.807, 2.05) is 6.92 Å². The highest BCUT2D eigenvalue weighted by Gasteiger charge is 2.52. The van der Waals surface area contributed by atoms with E-state index in [2.05, 4.69) is 5.32 Å². The van der Waals surface area contributed by atoms with Crippen molar-refractivity contribution in [3.63, 3.8) is 0 Å². The molecule has 1 saturated carbocycles. The van der Waals surface area contributed by atoms with E-state index in [0.717, 1.165) is 6.42 Å². The van der Waals surface area contributed by atoms with Gasteiger partial charge in [0.25, 0.3) is 0 Å². The van der Waals surface area contributed by atoms with Gasteiger partial charge in [0.15, 0.2) is 0 Å². The number of amides is 2. The molecule has 0 aromatic carbocycles. The van der Waals surface area contributed by atoms with E-state index < -0.39 is 11.5 Å². The van der Waals surface area contributed by atoms with E-state index in [0.29, 0.717) is 19.4 Å². The fraction of sp³-hybridized carbons (Fsp3) is 0.818. The first-order chi connectivity index (χ1) is 8.00. The summed E-state index contributed by atoms with van der Waals surface area (Å²) in [4.78, 5) is 24.5. The Morgan fingerprint density at radius 3 is 2.59 bits per heavy atom. The first kappa shape index (κ1) is 12.2. The van der Waals surface area contributed by atoms with Crippen molar-refractivity contribution in [2.24, 2.45) is 5.92 Å². The molecule has 2 atom stereocenters. The number of carboxylic acid groups (broad SMARTS) is 1. The van der Waals surface area contributed by atoms with Gasteiger partial charge in [-0.05, 0) is 25.2 Å². The smallest absolute Gasteiger partial charge is 0.329 e. The molecule has 1 saturated heterocycles. The molecule has 0 aromatic rings. The number of hydrogen-bond acceptors (Lipinski definition) is 3. The number of carbonyl (C=O) groups is 2. The fourth-order valence-electron chi connectivity index (χ4n) is 2.33. The van der Waals surface area contributed by atoms with Gasteiger partial charge in [-0.3, -0.25) is 0 Å². The Morgan fingerprint density at radius 2 is 2.12 bits per heavy atom. The summed E-state index contributed by atoms with van der Waals surface area (Å²) in [5, 5.41) is 20.8. The number of carboxylic acids is 1. The Morgan fingerprint density at radius 1 is 1.47 bits per heavy atom. The highest BCUT2D eigenvalue weighted by Crippen LogP contribution is 2.36. The maximum absolute atomic E-state index is 12.0. The Kier molecular flexibility index (Phi) is 2.99. The predicted molar refractivity (Wildman–Crippen MR) is 59.5 cm³/mol. The van der Waals surface area contributed by atoms with Crippen LogP contribution in [0.5, 0.6) is 0 Å². The van der Waals surface area contributed by atoms with Crippen LogP contribution in [0.15, 0.2) is 0 Å². The third-order valence-electron chi connectivity index (χ3n) is 3.84. The Labute approximate surface area is 99.6 Å². The molecule has 0 spiro atoms. The van der Waals surface area contributed by atoms with Gasteiger partial charge in [0.2, 0.25) is 0 Å². The second-order valence-corrected chi connectivity index (χ2v) is 5.03. The number of aliphatic hydroxyl groups excluding tert-OH is 1. The van der Waals surface area contributed by atoms with Gasteiger partial charge in [-0.2, -0.15) is 0 Å². The van der Waals surface area contributed by atoms with E-state index in [-0.39, 0.29) is 24.6 Å². The van der Waals surface area contributed by atoms with E-state index in [1.54, 1.807) is 4.90 Å². The van der Waals surface area contributed by atoms with Crippen LogP contribution in [0.1, 0.15) is 26.2 Å². The molecule has 2 amide bonds. The number of urea groups is 1. The van der Waals surface area contributed by atoms with Gasteiger partial charge < -0.3 is 20.4 Å². The molecule has 6 nitrogen and oxygen atoms in total. The number of hydrogen-bond donors (Lipinski definition) is 3. The van der Waals surface area contributed by atoms with Crippen molar-refractivity contribution < 1.29 is 19.8 Å². The van der Waals surface area contributed by atoms with Crippen molar-refractivity contribution in [1.29, 1.82) is 0 Å². The van der Waals surface area contributed by atoms with E-state index in [9.17, 15) is 14.7 Å². The zero-order valence-electron chi connectivity index (χ0n) is 9.85. The lowest BCUT2D eigenvalue weighted by atomic mass is 10.0. The van der Waals surface area contributed by atoms with Crippen molar-refractivity contribution in [2.45, 2.75) is 37.8 Å². The molecule has 1 aliphatic carbocycles. The third kappa shape index (κ3) is 2.09. The topological polar surface area (TPSA) is 89.9 Å². The molecule has 1 heterocycles. The van der Waals surface area contributed by atoms with Crippen molar-refractivity contribution >= 4 is 12.0 Å². The average Bonchev–Trinajstić information content (AvgIpc) is 2.95. The summed E-state index contributed by atoms with van der Waals surface area (Å²) in [7, 11) is 0. The summed E-state index contributed by atoms with van der Waals surface area (Å²) in [5.41, 5.74) is -1.05. The number of rotatable bonds is 3. The second-order valence-electron chi connectivity index (χ2n) is 5.03. The highest BCUT2D eigenvalue weighted by atomic mass is 16.4. The Balaban J connectivity index is 1.99. The molecule has 6 heteroatoms. The van der Waals surface area contributed by atoms with Gasteiger partial charge >= 0.3 is 12.0 Å². The largest absolute Gasteiger partial charge is 0.480 e. The maximum Gasteiger partial charge on any atom is 0.329 e. The lowest BCUT2D eigenvalue weighted by Gasteiger charge is -2.27. The molecular weight excluding hydrogens is 224 g/mol. The van der Waals surface area contributed by atoms with Crippen LogP contribution in [0.4, 0.5) is 4.79 Å². The van der Waals surface area contributed by atoms with E-state index >= 15 is 0 Å². The van der Waals surface area contributed by atoms with Gasteiger partial charge in [-0.1, -0.05) is 6.92 Å². The van der Waals surface area contributed by atoms with Crippen LogP contribution >= 0.6 is 0 Å². The number of carbonyl (C=O) groups excluding carboxylic acids is 1. The summed E-state index contributed by atoms with van der Waals surface area (Å²) < 4.78 is 0. The quantitative estimate of drug-likeness (QED) is 0.650.